The predicted octanol–water partition coefficient (Wildman–Crippen LogP) is 2.39. The van der Waals surface area contributed by atoms with E-state index in [1.165, 1.54) is 0 Å². The van der Waals surface area contributed by atoms with E-state index in [1.54, 1.807) is 21.3 Å². The summed E-state index contributed by atoms with van der Waals surface area (Å²) in [5, 5.41) is 0. The Morgan fingerprint density at radius 2 is 1.89 bits per heavy atom. The molecule has 1 aliphatic heterocycles. The van der Waals surface area contributed by atoms with Crippen molar-refractivity contribution >= 4 is 0 Å². The van der Waals surface area contributed by atoms with Crippen LogP contribution in [0.2, 0.25) is 0 Å². The van der Waals surface area contributed by atoms with Gasteiger partial charge < -0.3 is 18.9 Å². The number of hydrogen-bond acceptors (Lipinski definition) is 4. The molecule has 1 aromatic carbocycles. The Morgan fingerprint density at radius 1 is 1.17 bits per heavy atom. The van der Waals surface area contributed by atoms with E-state index in [2.05, 4.69) is 0 Å². The van der Waals surface area contributed by atoms with Gasteiger partial charge in [0.25, 0.3) is 0 Å². The predicted molar refractivity (Wildman–Crippen MR) is 67.6 cm³/mol. The fourth-order valence-corrected chi connectivity index (χ4v) is 2.47. The Labute approximate surface area is 108 Å². The molecule has 0 aliphatic carbocycles. The van der Waals surface area contributed by atoms with E-state index in [0.29, 0.717) is 0 Å². The van der Waals surface area contributed by atoms with Crippen LogP contribution in [0.15, 0.2) is 24.3 Å². The normalized spacial score (nSPS) is 25.1. The standard InChI is InChI=1S/C14H20O4/c1-15-11-6-4-10(5-7-11)13(16-2)12-8-9-18-14(12)17-3/h4-7,12-14H,8-9H2,1-3H3. The van der Waals surface area contributed by atoms with Crippen LogP contribution in [-0.4, -0.2) is 34.2 Å². The number of rotatable bonds is 5. The van der Waals surface area contributed by atoms with E-state index in [-0.39, 0.29) is 18.3 Å². The van der Waals surface area contributed by atoms with Gasteiger partial charge in [-0.2, -0.15) is 0 Å². The van der Waals surface area contributed by atoms with E-state index in [4.69, 9.17) is 18.9 Å². The lowest BCUT2D eigenvalue weighted by molar-refractivity contribution is -0.135. The van der Waals surface area contributed by atoms with Gasteiger partial charge in [-0.1, -0.05) is 12.1 Å². The SMILES string of the molecule is COc1ccc(C(OC)C2CCOC2OC)cc1. The lowest BCUT2D eigenvalue weighted by atomic mass is 9.93. The van der Waals surface area contributed by atoms with Crippen LogP contribution >= 0.6 is 0 Å². The molecule has 0 bridgehead atoms. The summed E-state index contributed by atoms with van der Waals surface area (Å²) in [7, 11) is 5.05. The highest BCUT2D eigenvalue weighted by Crippen LogP contribution is 2.36. The molecule has 3 atom stereocenters. The molecule has 0 aromatic heterocycles. The third-order valence-corrected chi connectivity index (χ3v) is 3.40. The number of methoxy groups -OCH3 is 3. The number of benzene rings is 1. The van der Waals surface area contributed by atoms with Crippen molar-refractivity contribution < 1.29 is 18.9 Å². The summed E-state index contributed by atoms with van der Waals surface area (Å²) < 4.78 is 21.7. The van der Waals surface area contributed by atoms with E-state index in [9.17, 15) is 0 Å². The van der Waals surface area contributed by atoms with Gasteiger partial charge in [0.2, 0.25) is 0 Å². The van der Waals surface area contributed by atoms with Crippen LogP contribution in [0.3, 0.4) is 0 Å². The summed E-state index contributed by atoms with van der Waals surface area (Å²) >= 11 is 0. The maximum atomic E-state index is 5.63. The first-order chi connectivity index (χ1) is 8.80. The van der Waals surface area contributed by atoms with E-state index >= 15 is 0 Å². The van der Waals surface area contributed by atoms with Gasteiger partial charge in [-0.15, -0.1) is 0 Å². The zero-order chi connectivity index (χ0) is 13.0. The van der Waals surface area contributed by atoms with E-state index in [1.807, 2.05) is 24.3 Å². The molecular weight excluding hydrogens is 232 g/mol. The first-order valence-electron chi connectivity index (χ1n) is 6.11. The molecule has 1 heterocycles. The Bertz CT molecular complexity index is 363. The van der Waals surface area contributed by atoms with Gasteiger partial charge in [0.15, 0.2) is 6.29 Å². The Kier molecular flexibility index (Phi) is 4.58. The van der Waals surface area contributed by atoms with Gasteiger partial charge in [-0.3, -0.25) is 0 Å². The summed E-state index contributed by atoms with van der Waals surface area (Å²) in [5.41, 5.74) is 1.12. The monoisotopic (exact) mass is 252 g/mol. The minimum absolute atomic E-state index is 0.0108. The number of hydrogen-bond donors (Lipinski definition) is 0. The van der Waals surface area contributed by atoms with Gasteiger partial charge in [-0.05, 0) is 24.1 Å². The van der Waals surface area contributed by atoms with Crippen LogP contribution in [0, 0.1) is 5.92 Å². The maximum Gasteiger partial charge on any atom is 0.162 e. The molecule has 0 spiro atoms. The summed E-state index contributed by atoms with van der Waals surface area (Å²) in [5.74, 6) is 1.08. The summed E-state index contributed by atoms with van der Waals surface area (Å²) in [6.07, 6.45) is 0.753. The van der Waals surface area contributed by atoms with Gasteiger partial charge in [0, 0.05) is 20.1 Å². The average Bonchev–Trinajstić information content (AvgIpc) is 2.89. The molecule has 4 heteroatoms. The topological polar surface area (TPSA) is 36.9 Å². The van der Waals surface area contributed by atoms with Gasteiger partial charge >= 0.3 is 0 Å². The molecule has 0 radical (unpaired) electrons. The molecule has 0 amide bonds. The second-order valence-electron chi connectivity index (χ2n) is 4.36. The second kappa shape index (κ2) is 6.18. The maximum absolute atomic E-state index is 5.63. The molecule has 0 saturated carbocycles. The van der Waals surface area contributed by atoms with Gasteiger partial charge in [0.1, 0.15) is 5.75 Å². The van der Waals surface area contributed by atoms with Crippen molar-refractivity contribution in [3.8, 4) is 5.75 Å². The quantitative estimate of drug-likeness (QED) is 0.806. The van der Waals surface area contributed by atoms with Crippen molar-refractivity contribution in [3.05, 3.63) is 29.8 Å². The van der Waals surface area contributed by atoms with Crippen LogP contribution in [-0.2, 0) is 14.2 Å². The second-order valence-corrected chi connectivity index (χ2v) is 4.36. The lowest BCUT2D eigenvalue weighted by Crippen LogP contribution is -2.25. The molecule has 1 aromatic rings. The fourth-order valence-electron chi connectivity index (χ4n) is 2.47. The van der Waals surface area contributed by atoms with Crippen LogP contribution in [0.5, 0.6) is 5.75 Å². The highest BCUT2D eigenvalue weighted by atomic mass is 16.7. The molecular formula is C14H20O4. The summed E-state index contributed by atoms with van der Waals surface area (Å²) in [4.78, 5) is 0. The molecule has 1 fully saturated rings. The third-order valence-electron chi connectivity index (χ3n) is 3.40. The molecule has 100 valence electrons. The van der Waals surface area contributed by atoms with Crippen molar-refractivity contribution in [3.63, 3.8) is 0 Å². The zero-order valence-electron chi connectivity index (χ0n) is 11.1. The molecule has 18 heavy (non-hydrogen) atoms. The molecule has 3 unspecified atom stereocenters. The van der Waals surface area contributed by atoms with Crippen molar-refractivity contribution in [2.45, 2.75) is 18.8 Å². The molecule has 4 nitrogen and oxygen atoms in total. The summed E-state index contributed by atoms with van der Waals surface area (Å²) in [6, 6.07) is 7.94. The highest BCUT2D eigenvalue weighted by Gasteiger charge is 2.35. The Balaban J connectivity index is 2.16. The Hall–Kier alpha value is -1.10. The third kappa shape index (κ3) is 2.66. The first-order valence-corrected chi connectivity index (χ1v) is 6.11. The van der Waals surface area contributed by atoms with Crippen LogP contribution < -0.4 is 4.74 Å². The minimum Gasteiger partial charge on any atom is -0.497 e. The fraction of sp³-hybridized carbons (Fsp3) is 0.571. The van der Waals surface area contributed by atoms with Crippen LogP contribution in [0.25, 0.3) is 0 Å². The van der Waals surface area contributed by atoms with Gasteiger partial charge in [-0.25, -0.2) is 0 Å². The van der Waals surface area contributed by atoms with Crippen molar-refractivity contribution in [1.82, 2.24) is 0 Å². The largest absolute Gasteiger partial charge is 0.497 e. The molecule has 1 aliphatic rings. The van der Waals surface area contributed by atoms with Crippen molar-refractivity contribution in [2.75, 3.05) is 27.9 Å². The van der Waals surface area contributed by atoms with Crippen LogP contribution in [0.1, 0.15) is 18.1 Å². The summed E-state index contributed by atoms with van der Waals surface area (Å²) in [6.45, 7) is 0.721. The molecule has 2 rings (SSSR count). The van der Waals surface area contributed by atoms with Crippen LogP contribution in [0.4, 0.5) is 0 Å². The first kappa shape index (κ1) is 13.3. The van der Waals surface area contributed by atoms with Gasteiger partial charge in [0.05, 0.1) is 19.8 Å². The minimum atomic E-state index is -0.183. The molecule has 0 N–H and O–H groups in total. The Morgan fingerprint density at radius 3 is 2.44 bits per heavy atom. The number of ether oxygens (including phenoxy) is 4. The smallest absolute Gasteiger partial charge is 0.162 e. The highest BCUT2D eigenvalue weighted by molar-refractivity contribution is 5.29. The lowest BCUT2D eigenvalue weighted by Gasteiger charge is -2.26. The average molecular weight is 252 g/mol. The molecule has 1 saturated heterocycles. The van der Waals surface area contributed by atoms with E-state index < -0.39 is 0 Å². The van der Waals surface area contributed by atoms with Crippen molar-refractivity contribution in [2.24, 2.45) is 5.92 Å². The van der Waals surface area contributed by atoms with Crippen molar-refractivity contribution in [1.29, 1.82) is 0 Å². The zero-order valence-corrected chi connectivity index (χ0v) is 11.1. The van der Waals surface area contributed by atoms with E-state index in [0.717, 1.165) is 24.3 Å².